The molecule has 0 unspecified atom stereocenters. The number of benzene rings is 2. The Morgan fingerprint density at radius 2 is 1.41 bits per heavy atom. The van der Waals surface area contributed by atoms with Crippen LogP contribution in [0, 0.1) is 5.92 Å². The van der Waals surface area contributed by atoms with Gasteiger partial charge < -0.3 is 10.2 Å². The first-order chi connectivity index (χ1) is 13.8. The first-order valence-electron chi connectivity index (χ1n) is 9.58. The summed E-state index contributed by atoms with van der Waals surface area (Å²) in [6, 6.07) is 19.0. The number of hydrogen-bond donors (Lipinski definition) is 1. The topological polar surface area (TPSA) is 49.4 Å². The first kappa shape index (κ1) is 20.9. The standard InChI is InChI=1S/C22H23F3N2O2/c23-22(24,25)15-26-20(28)18-11-13-27(14-12-18)21(29)19(16-7-3-1-4-8-16)17-9-5-2-6-10-17/h1-10,18-19H,11-15H2,(H,26,28). The number of nitrogens with zero attached hydrogens (tertiary/aromatic N) is 1. The maximum absolute atomic E-state index is 13.3. The molecule has 0 bridgehead atoms. The molecule has 3 rings (SSSR count). The van der Waals surface area contributed by atoms with Crippen molar-refractivity contribution in [3.63, 3.8) is 0 Å². The number of alkyl halides is 3. The lowest BCUT2D eigenvalue weighted by atomic mass is 9.88. The van der Waals surface area contributed by atoms with Gasteiger partial charge in [-0.1, -0.05) is 60.7 Å². The van der Waals surface area contributed by atoms with Crippen molar-refractivity contribution in [3.8, 4) is 0 Å². The van der Waals surface area contributed by atoms with Crippen molar-refractivity contribution < 1.29 is 22.8 Å². The SMILES string of the molecule is O=C(NCC(F)(F)F)C1CCN(C(=O)C(c2ccccc2)c2ccccc2)CC1. The van der Waals surface area contributed by atoms with Crippen molar-refractivity contribution in [2.24, 2.45) is 5.92 Å². The van der Waals surface area contributed by atoms with Crippen LogP contribution in [0.5, 0.6) is 0 Å². The van der Waals surface area contributed by atoms with Gasteiger partial charge in [0.25, 0.3) is 0 Å². The molecule has 7 heteroatoms. The van der Waals surface area contributed by atoms with Crippen molar-refractivity contribution in [1.29, 1.82) is 0 Å². The molecule has 0 atom stereocenters. The van der Waals surface area contributed by atoms with Crippen LogP contribution in [-0.4, -0.2) is 42.5 Å². The third-order valence-electron chi connectivity index (χ3n) is 5.15. The lowest BCUT2D eigenvalue weighted by molar-refractivity contribution is -0.143. The van der Waals surface area contributed by atoms with E-state index in [4.69, 9.17) is 0 Å². The van der Waals surface area contributed by atoms with Gasteiger partial charge in [-0.25, -0.2) is 0 Å². The predicted octanol–water partition coefficient (Wildman–Crippen LogP) is 3.74. The van der Waals surface area contributed by atoms with Crippen molar-refractivity contribution in [2.75, 3.05) is 19.6 Å². The summed E-state index contributed by atoms with van der Waals surface area (Å²) in [6.45, 7) is -0.632. The summed E-state index contributed by atoms with van der Waals surface area (Å²) in [5, 5.41) is 1.94. The van der Waals surface area contributed by atoms with Crippen molar-refractivity contribution in [3.05, 3.63) is 71.8 Å². The molecule has 0 aromatic heterocycles. The molecule has 2 amide bonds. The molecule has 0 saturated carbocycles. The van der Waals surface area contributed by atoms with Gasteiger partial charge in [0, 0.05) is 19.0 Å². The average molecular weight is 404 g/mol. The molecule has 1 N–H and O–H groups in total. The molecule has 1 fully saturated rings. The van der Waals surface area contributed by atoms with E-state index in [1.807, 2.05) is 66.0 Å². The van der Waals surface area contributed by atoms with Crippen molar-refractivity contribution >= 4 is 11.8 Å². The van der Waals surface area contributed by atoms with Gasteiger partial charge in [-0.05, 0) is 24.0 Å². The Labute approximate surface area is 167 Å². The number of piperidine rings is 1. The van der Waals surface area contributed by atoms with Gasteiger partial charge in [-0.3, -0.25) is 9.59 Å². The summed E-state index contributed by atoms with van der Waals surface area (Å²) in [6.07, 6.45) is -3.72. The largest absolute Gasteiger partial charge is 0.405 e. The van der Waals surface area contributed by atoms with E-state index in [1.165, 1.54) is 0 Å². The zero-order valence-electron chi connectivity index (χ0n) is 15.9. The van der Waals surface area contributed by atoms with Crippen LogP contribution in [0.25, 0.3) is 0 Å². The fraction of sp³-hybridized carbons (Fsp3) is 0.364. The summed E-state index contributed by atoms with van der Waals surface area (Å²) >= 11 is 0. The number of hydrogen-bond acceptors (Lipinski definition) is 2. The van der Waals surface area contributed by atoms with Crippen LogP contribution in [0.2, 0.25) is 0 Å². The molecule has 1 heterocycles. The molecule has 0 aliphatic carbocycles. The summed E-state index contributed by atoms with van der Waals surface area (Å²) < 4.78 is 36.9. The maximum atomic E-state index is 13.3. The zero-order valence-corrected chi connectivity index (χ0v) is 15.9. The second-order valence-corrected chi connectivity index (χ2v) is 7.19. The van der Waals surface area contributed by atoms with E-state index in [9.17, 15) is 22.8 Å². The number of rotatable bonds is 5. The van der Waals surface area contributed by atoms with Gasteiger partial charge in [-0.15, -0.1) is 0 Å². The van der Waals surface area contributed by atoms with Gasteiger partial charge in [-0.2, -0.15) is 13.2 Å². The summed E-state index contributed by atoms with van der Waals surface area (Å²) in [4.78, 5) is 27.0. The first-order valence-corrected chi connectivity index (χ1v) is 9.58. The number of amides is 2. The van der Waals surface area contributed by atoms with Crippen LogP contribution in [0.3, 0.4) is 0 Å². The zero-order chi connectivity index (χ0) is 20.9. The monoisotopic (exact) mass is 404 g/mol. The summed E-state index contributed by atoms with van der Waals surface area (Å²) in [5.41, 5.74) is 1.77. The van der Waals surface area contributed by atoms with E-state index in [0.29, 0.717) is 25.9 Å². The van der Waals surface area contributed by atoms with Crippen LogP contribution in [0.1, 0.15) is 29.9 Å². The highest BCUT2D eigenvalue weighted by atomic mass is 19.4. The number of halogens is 3. The Morgan fingerprint density at radius 1 is 0.931 bits per heavy atom. The minimum absolute atomic E-state index is 0.0588. The molecule has 1 saturated heterocycles. The van der Waals surface area contributed by atoms with E-state index in [1.54, 1.807) is 4.90 Å². The van der Waals surface area contributed by atoms with Crippen LogP contribution in [0.15, 0.2) is 60.7 Å². The van der Waals surface area contributed by atoms with Crippen LogP contribution in [0.4, 0.5) is 13.2 Å². The Hall–Kier alpha value is -2.83. The molecule has 29 heavy (non-hydrogen) atoms. The van der Waals surface area contributed by atoms with Crippen LogP contribution < -0.4 is 5.32 Å². The number of carbonyl (C=O) groups is 2. The van der Waals surface area contributed by atoms with E-state index in [2.05, 4.69) is 0 Å². The van der Waals surface area contributed by atoms with E-state index >= 15 is 0 Å². The highest BCUT2D eigenvalue weighted by molar-refractivity contribution is 5.87. The molecular formula is C22H23F3N2O2. The maximum Gasteiger partial charge on any atom is 0.405 e. The predicted molar refractivity (Wildman–Crippen MR) is 103 cm³/mol. The van der Waals surface area contributed by atoms with Gasteiger partial charge in [0.2, 0.25) is 11.8 Å². The van der Waals surface area contributed by atoms with Crippen LogP contribution in [-0.2, 0) is 9.59 Å². The van der Waals surface area contributed by atoms with E-state index < -0.39 is 30.5 Å². The third-order valence-corrected chi connectivity index (χ3v) is 5.15. The normalized spacial score (nSPS) is 15.4. The minimum atomic E-state index is -4.43. The van der Waals surface area contributed by atoms with E-state index in [0.717, 1.165) is 11.1 Å². The Balaban J connectivity index is 1.67. The van der Waals surface area contributed by atoms with Crippen LogP contribution >= 0.6 is 0 Å². The molecule has 1 aliphatic heterocycles. The molecule has 4 nitrogen and oxygen atoms in total. The number of likely N-dealkylation sites (tertiary alicyclic amines) is 1. The third kappa shape index (κ3) is 5.59. The van der Waals surface area contributed by atoms with Gasteiger partial charge >= 0.3 is 6.18 Å². The smallest absolute Gasteiger partial charge is 0.347 e. The van der Waals surface area contributed by atoms with Crippen molar-refractivity contribution in [1.82, 2.24) is 10.2 Å². The summed E-state index contributed by atoms with van der Waals surface area (Å²) in [5.74, 6) is -1.62. The second-order valence-electron chi connectivity index (χ2n) is 7.19. The average Bonchev–Trinajstić information content (AvgIpc) is 2.73. The quantitative estimate of drug-likeness (QED) is 0.826. The molecule has 2 aromatic carbocycles. The Bertz CT molecular complexity index is 777. The van der Waals surface area contributed by atoms with Crippen molar-refractivity contribution in [2.45, 2.75) is 24.9 Å². The molecule has 1 aliphatic rings. The van der Waals surface area contributed by atoms with E-state index in [-0.39, 0.29) is 5.91 Å². The lowest BCUT2D eigenvalue weighted by Crippen LogP contribution is -2.46. The molecular weight excluding hydrogens is 381 g/mol. The van der Waals surface area contributed by atoms with Gasteiger partial charge in [0.15, 0.2) is 0 Å². The molecule has 2 aromatic rings. The minimum Gasteiger partial charge on any atom is -0.347 e. The highest BCUT2D eigenvalue weighted by Crippen LogP contribution is 2.29. The molecule has 0 radical (unpaired) electrons. The fourth-order valence-corrected chi connectivity index (χ4v) is 3.64. The Morgan fingerprint density at radius 3 is 1.86 bits per heavy atom. The van der Waals surface area contributed by atoms with Gasteiger partial charge in [0.05, 0.1) is 5.92 Å². The number of carbonyl (C=O) groups excluding carboxylic acids is 2. The van der Waals surface area contributed by atoms with Gasteiger partial charge in [0.1, 0.15) is 6.54 Å². The summed E-state index contributed by atoms with van der Waals surface area (Å²) in [7, 11) is 0. The highest BCUT2D eigenvalue weighted by Gasteiger charge is 2.34. The second kappa shape index (κ2) is 9.11. The Kier molecular flexibility index (Phi) is 6.56. The number of nitrogens with one attached hydrogen (secondary N) is 1. The lowest BCUT2D eigenvalue weighted by Gasteiger charge is -2.34. The molecule has 154 valence electrons. The molecule has 0 spiro atoms. The fourth-order valence-electron chi connectivity index (χ4n) is 3.64.